The van der Waals surface area contributed by atoms with Gasteiger partial charge in [0.15, 0.2) is 0 Å². The first kappa shape index (κ1) is 19.4. The van der Waals surface area contributed by atoms with E-state index in [-0.39, 0.29) is 50.7 Å². The van der Waals surface area contributed by atoms with E-state index in [0.717, 1.165) is 0 Å². The van der Waals surface area contributed by atoms with E-state index in [1.807, 2.05) is 0 Å². The van der Waals surface area contributed by atoms with Crippen molar-refractivity contribution in [2.75, 3.05) is 0 Å². The van der Waals surface area contributed by atoms with Gasteiger partial charge >= 0.3 is 0 Å². The van der Waals surface area contributed by atoms with Crippen molar-refractivity contribution in [2.45, 2.75) is 34.6 Å². The van der Waals surface area contributed by atoms with Gasteiger partial charge in [-0.25, -0.2) is 0 Å². The van der Waals surface area contributed by atoms with Gasteiger partial charge in [-0.3, -0.25) is 0 Å². The second-order valence-corrected chi connectivity index (χ2v) is 3.12. The molecule has 1 rings (SSSR count). The van der Waals surface area contributed by atoms with E-state index in [4.69, 9.17) is 0 Å². The zero-order valence-electron chi connectivity index (χ0n) is 8.76. The molecule has 0 atom stereocenters. The minimum atomic E-state index is 0. The van der Waals surface area contributed by atoms with E-state index in [2.05, 4.69) is 34.6 Å². The van der Waals surface area contributed by atoms with Crippen LogP contribution in [0.5, 0.6) is 0 Å². The molecular formula is C10H15Cl2Hf-3. The standard InChI is InChI=1S/C10H15.2ClH.Hf/c1-6-7(2)9(4)10(5)8(6)3;;;/h1-5H3;2*1H;/q-1;;;/p-2. The molecule has 0 fully saturated rings. The average Bonchev–Trinajstić information content (AvgIpc) is 2.07. The molecule has 0 spiro atoms. The summed E-state index contributed by atoms with van der Waals surface area (Å²) in [5.74, 6) is 0. The summed E-state index contributed by atoms with van der Waals surface area (Å²) < 4.78 is 0. The van der Waals surface area contributed by atoms with Crippen LogP contribution < -0.4 is 24.8 Å². The van der Waals surface area contributed by atoms with Gasteiger partial charge in [-0.05, 0) is 0 Å². The zero-order valence-corrected chi connectivity index (χ0v) is 13.9. The molecule has 0 aliphatic rings. The van der Waals surface area contributed by atoms with Crippen molar-refractivity contribution in [1.82, 2.24) is 0 Å². The summed E-state index contributed by atoms with van der Waals surface area (Å²) in [7, 11) is 0. The predicted molar refractivity (Wildman–Crippen MR) is 45.7 cm³/mol. The molecule has 0 nitrogen and oxygen atoms in total. The Bertz CT molecular complexity index is 184. The molecule has 0 amide bonds. The maximum Gasteiger partial charge on any atom is 0 e. The maximum absolute atomic E-state index is 2.20. The molecule has 0 aliphatic heterocycles. The minimum Gasteiger partial charge on any atom is -1.00 e. The Kier molecular flexibility index (Phi) is 10.6. The first-order valence-corrected chi connectivity index (χ1v) is 3.75. The molecule has 3 heteroatoms. The summed E-state index contributed by atoms with van der Waals surface area (Å²) in [6.07, 6.45) is 0. The fourth-order valence-electron chi connectivity index (χ4n) is 1.41. The van der Waals surface area contributed by atoms with Crippen molar-refractivity contribution in [3.05, 3.63) is 27.8 Å². The van der Waals surface area contributed by atoms with Crippen molar-refractivity contribution in [1.29, 1.82) is 0 Å². The Morgan fingerprint density at radius 3 is 1.08 bits per heavy atom. The third-order valence-corrected chi connectivity index (χ3v) is 2.81. The predicted octanol–water partition coefficient (Wildman–Crippen LogP) is -3.05. The van der Waals surface area contributed by atoms with Gasteiger partial charge in [-0.2, -0.15) is 27.8 Å². The molecule has 0 N–H and O–H groups in total. The summed E-state index contributed by atoms with van der Waals surface area (Å²) in [6.45, 7) is 11.0. The average molecular weight is 385 g/mol. The van der Waals surface area contributed by atoms with Crippen molar-refractivity contribution in [2.24, 2.45) is 0 Å². The molecule has 76 valence electrons. The molecule has 0 radical (unpaired) electrons. The van der Waals surface area contributed by atoms with Crippen molar-refractivity contribution in [3.63, 3.8) is 0 Å². The molecule has 0 aliphatic carbocycles. The molecule has 0 unspecified atom stereocenters. The number of halogens is 2. The van der Waals surface area contributed by atoms with Gasteiger partial charge in [0.2, 0.25) is 0 Å². The van der Waals surface area contributed by atoms with E-state index in [9.17, 15) is 0 Å². The third-order valence-electron chi connectivity index (χ3n) is 2.81. The molecular weight excluding hydrogens is 370 g/mol. The zero-order chi connectivity index (χ0) is 7.89. The Hall–Kier alpha value is 0.800. The fourth-order valence-corrected chi connectivity index (χ4v) is 1.41. The number of hydrogen-bond acceptors (Lipinski definition) is 0. The number of hydrogen-bond donors (Lipinski definition) is 0. The molecule has 0 saturated carbocycles. The summed E-state index contributed by atoms with van der Waals surface area (Å²) >= 11 is 0. The fraction of sp³-hybridized carbons (Fsp3) is 0.500. The molecule has 0 saturated heterocycles. The van der Waals surface area contributed by atoms with Gasteiger partial charge in [-0.15, -0.1) is 0 Å². The van der Waals surface area contributed by atoms with Crippen molar-refractivity contribution >= 4 is 0 Å². The Labute approximate surface area is 112 Å². The first-order chi connectivity index (χ1) is 4.55. The molecule has 1 aromatic carbocycles. The molecule has 0 bridgehead atoms. The monoisotopic (exact) mass is 385 g/mol. The second-order valence-electron chi connectivity index (χ2n) is 3.12. The van der Waals surface area contributed by atoms with Gasteiger partial charge in [0.1, 0.15) is 0 Å². The van der Waals surface area contributed by atoms with E-state index < -0.39 is 0 Å². The van der Waals surface area contributed by atoms with Crippen LogP contribution >= 0.6 is 0 Å². The largest absolute Gasteiger partial charge is 1.00 e. The summed E-state index contributed by atoms with van der Waals surface area (Å²) in [5.41, 5.74) is 7.34. The van der Waals surface area contributed by atoms with Crippen LogP contribution in [0.3, 0.4) is 0 Å². The van der Waals surface area contributed by atoms with E-state index in [1.165, 1.54) is 27.8 Å². The normalized spacial score (nSPS) is 8.08. The van der Waals surface area contributed by atoms with Gasteiger partial charge in [0.05, 0.1) is 0 Å². The second kappa shape index (κ2) is 7.14. The first-order valence-electron chi connectivity index (χ1n) is 3.75. The smallest absolute Gasteiger partial charge is 0 e. The topological polar surface area (TPSA) is 0 Å². The van der Waals surface area contributed by atoms with Crippen LogP contribution in [0.25, 0.3) is 0 Å². The van der Waals surface area contributed by atoms with E-state index >= 15 is 0 Å². The Balaban J connectivity index is -0.000000333. The van der Waals surface area contributed by atoms with Gasteiger partial charge in [0.25, 0.3) is 0 Å². The Morgan fingerprint density at radius 2 is 1.00 bits per heavy atom. The van der Waals surface area contributed by atoms with E-state index in [0.29, 0.717) is 0 Å². The van der Waals surface area contributed by atoms with Gasteiger partial charge in [-0.1, -0.05) is 34.6 Å². The third kappa shape index (κ3) is 3.45. The number of rotatable bonds is 0. The van der Waals surface area contributed by atoms with Crippen LogP contribution in [0.1, 0.15) is 27.8 Å². The van der Waals surface area contributed by atoms with Gasteiger partial charge in [0, 0.05) is 25.8 Å². The van der Waals surface area contributed by atoms with Crippen LogP contribution in [-0.4, -0.2) is 0 Å². The van der Waals surface area contributed by atoms with Crippen LogP contribution in [0.4, 0.5) is 0 Å². The van der Waals surface area contributed by atoms with Crippen LogP contribution in [0.2, 0.25) is 0 Å². The SMILES string of the molecule is Cc1c(C)c(C)[c-](C)c1C.[Cl-].[Cl-].[Hf]. The molecule has 1 aromatic rings. The summed E-state index contributed by atoms with van der Waals surface area (Å²) in [6, 6.07) is 0. The summed E-state index contributed by atoms with van der Waals surface area (Å²) in [5, 5.41) is 0. The van der Waals surface area contributed by atoms with Crippen LogP contribution in [-0.2, 0) is 25.8 Å². The maximum atomic E-state index is 2.20. The quantitative estimate of drug-likeness (QED) is 0.330. The minimum absolute atomic E-state index is 0. The van der Waals surface area contributed by atoms with Crippen molar-refractivity contribution < 1.29 is 50.7 Å². The summed E-state index contributed by atoms with van der Waals surface area (Å²) in [4.78, 5) is 0. The molecule has 0 heterocycles. The van der Waals surface area contributed by atoms with E-state index in [1.54, 1.807) is 0 Å². The molecule has 13 heavy (non-hydrogen) atoms. The molecule has 0 aromatic heterocycles. The Morgan fingerprint density at radius 1 is 0.769 bits per heavy atom. The van der Waals surface area contributed by atoms with Crippen molar-refractivity contribution in [3.8, 4) is 0 Å². The van der Waals surface area contributed by atoms with Crippen LogP contribution in [0, 0.1) is 34.6 Å². The van der Waals surface area contributed by atoms with Gasteiger partial charge < -0.3 is 24.8 Å². The van der Waals surface area contributed by atoms with Crippen LogP contribution in [0.15, 0.2) is 0 Å².